The first-order valence-electron chi connectivity index (χ1n) is 6.47. The number of alkyl carbamates (subject to hydrolysis) is 1. The van der Waals surface area contributed by atoms with Gasteiger partial charge in [-0.15, -0.1) is 6.58 Å². The summed E-state index contributed by atoms with van der Waals surface area (Å²) in [6.45, 7) is 5.35. The second-order valence-electron chi connectivity index (χ2n) is 4.60. The van der Waals surface area contributed by atoms with Crippen LogP contribution in [0.2, 0.25) is 0 Å². The first-order valence-corrected chi connectivity index (χ1v) is 6.47. The molecule has 0 heterocycles. The van der Waals surface area contributed by atoms with E-state index in [0.29, 0.717) is 0 Å². The molecule has 1 rings (SSSR count). The van der Waals surface area contributed by atoms with Crippen molar-refractivity contribution in [3.8, 4) is 0 Å². The zero-order chi connectivity index (χ0) is 15.0. The Morgan fingerprint density at radius 3 is 2.65 bits per heavy atom. The molecule has 1 aromatic rings. The highest BCUT2D eigenvalue weighted by Crippen LogP contribution is 2.08. The van der Waals surface area contributed by atoms with Crippen molar-refractivity contribution in [3.63, 3.8) is 0 Å². The summed E-state index contributed by atoms with van der Waals surface area (Å²) in [5.41, 5.74) is 0.878. The van der Waals surface area contributed by atoms with Crippen LogP contribution < -0.4 is 5.32 Å². The van der Waals surface area contributed by atoms with E-state index in [-0.39, 0.29) is 19.1 Å². The van der Waals surface area contributed by atoms with Crippen LogP contribution in [0.3, 0.4) is 0 Å². The Morgan fingerprint density at radius 2 is 2.05 bits per heavy atom. The monoisotopic (exact) mass is 279 g/mol. The highest BCUT2D eigenvalue weighted by Gasteiger charge is 2.21. The van der Waals surface area contributed by atoms with Gasteiger partial charge in [-0.2, -0.15) is 0 Å². The van der Waals surface area contributed by atoms with E-state index in [2.05, 4.69) is 11.9 Å². The van der Waals surface area contributed by atoms with Crippen LogP contribution >= 0.6 is 0 Å². The Balaban J connectivity index is 2.27. The first kappa shape index (κ1) is 16.2. The van der Waals surface area contributed by atoms with Gasteiger partial charge in [-0.1, -0.05) is 43.3 Å². The van der Waals surface area contributed by atoms with Crippen LogP contribution in [0.25, 0.3) is 0 Å². The van der Waals surface area contributed by atoms with Crippen molar-refractivity contribution in [1.29, 1.82) is 0 Å². The van der Waals surface area contributed by atoms with E-state index in [4.69, 9.17) is 4.74 Å². The maximum Gasteiger partial charge on any atom is 0.407 e. The van der Waals surface area contributed by atoms with Crippen LogP contribution in [-0.2, 0) is 11.3 Å². The van der Waals surface area contributed by atoms with Gasteiger partial charge in [0.2, 0.25) is 0 Å². The van der Waals surface area contributed by atoms with Gasteiger partial charge in [-0.3, -0.25) is 0 Å². The van der Waals surface area contributed by atoms with Gasteiger partial charge in [0.1, 0.15) is 6.61 Å². The quantitative estimate of drug-likeness (QED) is 0.660. The zero-order valence-electron chi connectivity index (χ0n) is 11.5. The zero-order valence-corrected chi connectivity index (χ0v) is 11.5. The van der Waals surface area contributed by atoms with E-state index >= 15 is 0 Å². The number of nitrogens with one attached hydrogen (secondary N) is 1. The molecule has 0 aromatic heterocycles. The summed E-state index contributed by atoms with van der Waals surface area (Å²) in [5, 5.41) is 21.8. The first-order chi connectivity index (χ1) is 9.54. The summed E-state index contributed by atoms with van der Waals surface area (Å²) in [6.07, 6.45) is -1.12. The lowest BCUT2D eigenvalue weighted by Gasteiger charge is -2.21. The van der Waals surface area contributed by atoms with Crippen molar-refractivity contribution in [3.05, 3.63) is 48.6 Å². The third-order valence-electron chi connectivity index (χ3n) is 2.97. The van der Waals surface area contributed by atoms with Crippen molar-refractivity contribution in [2.45, 2.75) is 25.7 Å². The summed E-state index contributed by atoms with van der Waals surface area (Å²) < 4.78 is 4.98. The Kier molecular flexibility index (Phi) is 6.76. The second kappa shape index (κ2) is 8.35. The van der Waals surface area contributed by atoms with Crippen LogP contribution in [0, 0.1) is 5.92 Å². The third-order valence-corrected chi connectivity index (χ3v) is 2.97. The smallest absolute Gasteiger partial charge is 0.407 e. The van der Waals surface area contributed by atoms with Crippen molar-refractivity contribution in [2.24, 2.45) is 5.92 Å². The number of hydrogen-bond donors (Lipinski definition) is 3. The molecule has 0 aliphatic heterocycles. The minimum Gasteiger partial charge on any atom is -0.445 e. The minimum absolute atomic E-state index is 0.0764. The normalized spacial score (nSPS) is 14.9. The molecule has 0 bridgehead atoms. The second-order valence-corrected chi connectivity index (χ2v) is 4.60. The lowest BCUT2D eigenvalue weighted by molar-refractivity contribution is -0.000435. The summed E-state index contributed by atoms with van der Waals surface area (Å²) in [6, 6.07) is 9.28. The van der Waals surface area contributed by atoms with Crippen LogP contribution in [-0.4, -0.2) is 35.1 Å². The summed E-state index contributed by atoms with van der Waals surface area (Å²) >= 11 is 0. The van der Waals surface area contributed by atoms with E-state index in [9.17, 15) is 15.0 Å². The van der Waals surface area contributed by atoms with Gasteiger partial charge in [0.15, 0.2) is 0 Å². The fourth-order valence-corrected chi connectivity index (χ4v) is 1.57. The molecule has 0 aliphatic carbocycles. The Morgan fingerprint density at radius 1 is 1.40 bits per heavy atom. The Bertz CT molecular complexity index is 421. The summed E-state index contributed by atoms with van der Waals surface area (Å²) in [4.78, 5) is 11.4. The maximum atomic E-state index is 11.4. The van der Waals surface area contributed by atoms with E-state index in [1.807, 2.05) is 30.3 Å². The molecule has 1 aromatic carbocycles. The lowest BCUT2D eigenvalue weighted by atomic mass is 10.00. The van der Waals surface area contributed by atoms with E-state index in [1.54, 1.807) is 13.0 Å². The number of amides is 1. The number of aliphatic hydroxyl groups excluding tert-OH is 2. The van der Waals surface area contributed by atoms with Crippen molar-refractivity contribution in [1.82, 2.24) is 5.32 Å². The van der Waals surface area contributed by atoms with Gasteiger partial charge in [-0.05, 0) is 5.56 Å². The van der Waals surface area contributed by atoms with Crippen LogP contribution in [0.5, 0.6) is 0 Å². The van der Waals surface area contributed by atoms with E-state index < -0.39 is 18.3 Å². The van der Waals surface area contributed by atoms with Gasteiger partial charge in [0.25, 0.3) is 0 Å². The van der Waals surface area contributed by atoms with E-state index in [1.165, 1.54) is 0 Å². The highest BCUT2D eigenvalue weighted by atomic mass is 16.5. The molecular formula is C15H21NO4. The number of aliphatic hydroxyl groups is 2. The number of hydrogen-bond acceptors (Lipinski definition) is 4. The molecule has 0 radical (unpaired) electrons. The number of carbonyl (C=O) groups is 1. The number of rotatable bonds is 7. The molecule has 1 amide bonds. The molecule has 0 fully saturated rings. The molecule has 0 saturated carbocycles. The van der Waals surface area contributed by atoms with Gasteiger partial charge >= 0.3 is 6.09 Å². The van der Waals surface area contributed by atoms with Crippen molar-refractivity contribution >= 4 is 6.09 Å². The largest absolute Gasteiger partial charge is 0.445 e. The Hall–Kier alpha value is -1.85. The average Bonchev–Trinajstić information content (AvgIpc) is 2.49. The molecule has 0 saturated heterocycles. The molecule has 3 atom stereocenters. The van der Waals surface area contributed by atoms with Gasteiger partial charge in [0.05, 0.1) is 12.2 Å². The Labute approximate surface area is 118 Å². The molecular weight excluding hydrogens is 258 g/mol. The average molecular weight is 279 g/mol. The molecule has 5 heteroatoms. The SMILES string of the molecule is C=C[C@@H](C)[C@@H](O)[C@@H](O)CNC(=O)OCc1ccccc1. The maximum absolute atomic E-state index is 11.4. The summed E-state index contributed by atoms with van der Waals surface area (Å²) in [7, 11) is 0. The topological polar surface area (TPSA) is 78.8 Å². The highest BCUT2D eigenvalue weighted by molar-refractivity contribution is 5.67. The molecule has 3 N–H and O–H groups in total. The van der Waals surface area contributed by atoms with Gasteiger partial charge in [0, 0.05) is 12.5 Å². The summed E-state index contributed by atoms with van der Waals surface area (Å²) in [5.74, 6) is -0.257. The molecule has 0 spiro atoms. The predicted octanol–water partition coefficient (Wildman–Crippen LogP) is 1.46. The lowest BCUT2D eigenvalue weighted by Crippen LogP contribution is -2.41. The number of benzene rings is 1. The molecule has 0 unspecified atom stereocenters. The van der Waals surface area contributed by atoms with Crippen molar-refractivity contribution in [2.75, 3.05) is 6.54 Å². The molecule has 0 aliphatic rings. The van der Waals surface area contributed by atoms with Crippen LogP contribution in [0.4, 0.5) is 4.79 Å². The van der Waals surface area contributed by atoms with Crippen molar-refractivity contribution < 1.29 is 19.7 Å². The molecule has 5 nitrogen and oxygen atoms in total. The van der Waals surface area contributed by atoms with Crippen LogP contribution in [0.15, 0.2) is 43.0 Å². The fraction of sp³-hybridized carbons (Fsp3) is 0.400. The number of carbonyl (C=O) groups excluding carboxylic acids is 1. The van der Waals surface area contributed by atoms with Gasteiger partial charge < -0.3 is 20.3 Å². The number of ether oxygens (including phenoxy) is 1. The van der Waals surface area contributed by atoms with Gasteiger partial charge in [-0.25, -0.2) is 4.79 Å². The van der Waals surface area contributed by atoms with Crippen LogP contribution in [0.1, 0.15) is 12.5 Å². The van der Waals surface area contributed by atoms with E-state index in [0.717, 1.165) is 5.56 Å². The molecule has 20 heavy (non-hydrogen) atoms. The minimum atomic E-state index is -1.06. The predicted molar refractivity (Wildman–Crippen MR) is 76.0 cm³/mol. The fourth-order valence-electron chi connectivity index (χ4n) is 1.57. The standard InChI is InChI=1S/C15H21NO4/c1-3-11(2)14(18)13(17)9-16-15(19)20-10-12-7-5-4-6-8-12/h3-8,11,13-14,17-18H,1,9-10H2,2H3,(H,16,19)/t11-,13+,14-/m1/s1. The molecule has 110 valence electrons. The third kappa shape index (κ3) is 5.42.